The average molecular weight is 224 g/mol. The first-order valence-electron chi connectivity index (χ1n) is 4.78. The van der Waals surface area contributed by atoms with Crippen molar-refractivity contribution in [1.82, 2.24) is 15.1 Å². The third-order valence-corrected chi connectivity index (χ3v) is 2.80. The van der Waals surface area contributed by atoms with E-state index in [0.29, 0.717) is 11.7 Å². The number of thiazole rings is 1. The fourth-order valence-electron chi connectivity index (χ4n) is 1.21. The zero-order valence-electron chi connectivity index (χ0n) is 8.38. The molecule has 0 fully saturated rings. The van der Waals surface area contributed by atoms with Crippen molar-refractivity contribution in [3.05, 3.63) is 28.3 Å². The predicted molar refractivity (Wildman–Crippen MR) is 56.4 cm³/mol. The van der Waals surface area contributed by atoms with Crippen molar-refractivity contribution in [3.8, 4) is 0 Å². The first-order valence-corrected chi connectivity index (χ1v) is 5.66. The van der Waals surface area contributed by atoms with Gasteiger partial charge in [-0.25, -0.2) is 4.98 Å². The lowest BCUT2D eigenvalue weighted by atomic mass is 10.3. The Morgan fingerprint density at radius 3 is 3.13 bits per heavy atom. The highest BCUT2D eigenvalue weighted by molar-refractivity contribution is 7.09. The summed E-state index contributed by atoms with van der Waals surface area (Å²) in [5.41, 5.74) is 5.93. The van der Waals surface area contributed by atoms with E-state index in [4.69, 9.17) is 10.3 Å². The van der Waals surface area contributed by atoms with Crippen molar-refractivity contribution in [3.63, 3.8) is 0 Å². The molecule has 0 aliphatic rings. The first-order chi connectivity index (χ1) is 7.31. The number of aromatic nitrogens is 3. The molecule has 2 rings (SSSR count). The van der Waals surface area contributed by atoms with Crippen molar-refractivity contribution in [2.24, 2.45) is 5.73 Å². The monoisotopic (exact) mass is 224 g/mol. The Morgan fingerprint density at radius 2 is 2.47 bits per heavy atom. The highest BCUT2D eigenvalue weighted by atomic mass is 32.1. The van der Waals surface area contributed by atoms with E-state index in [0.717, 1.165) is 17.8 Å². The molecule has 80 valence electrons. The predicted octanol–water partition coefficient (Wildman–Crippen LogP) is 1.53. The van der Waals surface area contributed by atoms with Gasteiger partial charge in [0.25, 0.3) is 0 Å². The molecule has 1 unspecified atom stereocenters. The van der Waals surface area contributed by atoms with Crippen LogP contribution in [0.3, 0.4) is 0 Å². The van der Waals surface area contributed by atoms with Crippen LogP contribution in [0.4, 0.5) is 0 Å². The third kappa shape index (κ3) is 2.21. The molecular weight excluding hydrogens is 212 g/mol. The maximum atomic E-state index is 5.93. The molecule has 0 radical (unpaired) electrons. The molecule has 0 amide bonds. The molecule has 2 aromatic heterocycles. The van der Waals surface area contributed by atoms with Crippen molar-refractivity contribution < 1.29 is 4.52 Å². The number of rotatable bonds is 4. The molecule has 2 N–H and O–H groups in total. The van der Waals surface area contributed by atoms with Crippen molar-refractivity contribution >= 4 is 11.3 Å². The van der Waals surface area contributed by atoms with Gasteiger partial charge < -0.3 is 10.3 Å². The number of hydrogen-bond donors (Lipinski definition) is 1. The molecule has 0 bridgehead atoms. The Bertz CT molecular complexity index is 411. The Balaban J connectivity index is 2.15. The van der Waals surface area contributed by atoms with Crippen LogP contribution in [0, 0.1) is 0 Å². The summed E-state index contributed by atoms with van der Waals surface area (Å²) in [5.74, 6) is 1.15. The van der Waals surface area contributed by atoms with E-state index in [9.17, 15) is 0 Å². The summed E-state index contributed by atoms with van der Waals surface area (Å²) in [6.07, 6.45) is 3.48. The van der Waals surface area contributed by atoms with Gasteiger partial charge in [0.1, 0.15) is 11.0 Å². The van der Waals surface area contributed by atoms with Crippen LogP contribution >= 0.6 is 11.3 Å². The second-order valence-corrected chi connectivity index (χ2v) is 4.07. The van der Waals surface area contributed by atoms with E-state index < -0.39 is 0 Å². The SMILES string of the molecule is CCCc1nc(C(N)c2nccs2)no1. The van der Waals surface area contributed by atoms with E-state index >= 15 is 0 Å². The summed E-state index contributed by atoms with van der Waals surface area (Å²) >= 11 is 1.49. The Kier molecular flexibility index (Phi) is 3.08. The summed E-state index contributed by atoms with van der Waals surface area (Å²) < 4.78 is 5.06. The van der Waals surface area contributed by atoms with Gasteiger partial charge in [-0.15, -0.1) is 11.3 Å². The lowest BCUT2D eigenvalue weighted by Gasteiger charge is -2.00. The quantitative estimate of drug-likeness (QED) is 0.852. The van der Waals surface area contributed by atoms with E-state index in [-0.39, 0.29) is 6.04 Å². The number of aryl methyl sites for hydroxylation is 1. The Morgan fingerprint density at radius 1 is 1.60 bits per heavy atom. The van der Waals surface area contributed by atoms with Crippen LogP contribution in [0.5, 0.6) is 0 Å². The maximum Gasteiger partial charge on any atom is 0.226 e. The van der Waals surface area contributed by atoms with Crippen LogP contribution < -0.4 is 5.73 Å². The first kappa shape index (κ1) is 10.3. The molecule has 15 heavy (non-hydrogen) atoms. The molecule has 0 saturated heterocycles. The summed E-state index contributed by atoms with van der Waals surface area (Å²) in [6, 6.07) is -0.376. The van der Waals surface area contributed by atoms with Crippen molar-refractivity contribution in [2.75, 3.05) is 0 Å². The average Bonchev–Trinajstić information content (AvgIpc) is 2.87. The second kappa shape index (κ2) is 4.50. The normalized spacial score (nSPS) is 12.9. The van der Waals surface area contributed by atoms with Gasteiger partial charge in [-0.05, 0) is 6.42 Å². The fourth-order valence-corrected chi connectivity index (χ4v) is 1.84. The van der Waals surface area contributed by atoms with Crippen LogP contribution in [-0.4, -0.2) is 15.1 Å². The Labute approximate surface area is 91.3 Å². The topological polar surface area (TPSA) is 77.8 Å². The fraction of sp³-hybridized carbons (Fsp3) is 0.444. The minimum atomic E-state index is -0.376. The number of nitrogens with two attached hydrogens (primary N) is 1. The maximum absolute atomic E-state index is 5.93. The van der Waals surface area contributed by atoms with Crippen LogP contribution in [0.25, 0.3) is 0 Å². The van der Waals surface area contributed by atoms with Gasteiger partial charge in [-0.1, -0.05) is 12.1 Å². The van der Waals surface area contributed by atoms with Crippen LogP contribution in [0.15, 0.2) is 16.1 Å². The molecule has 2 aromatic rings. The summed E-state index contributed by atoms with van der Waals surface area (Å²) in [6.45, 7) is 2.06. The van der Waals surface area contributed by atoms with Gasteiger partial charge in [0.15, 0.2) is 5.82 Å². The molecule has 0 aliphatic carbocycles. The van der Waals surface area contributed by atoms with Gasteiger partial charge in [-0.3, -0.25) is 0 Å². The van der Waals surface area contributed by atoms with Crippen molar-refractivity contribution in [2.45, 2.75) is 25.8 Å². The minimum Gasteiger partial charge on any atom is -0.339 e. The van der Waals surface area contributed by atoms with Gasteiger partial charge >= 0.3 is 0 Å². The van der Waals surface area contributed by atoms with Gasteiger partial charge in [0.05, 0.1) is 0 Å². The largest absolute Gasteiger partial charge is 0.339 e. The molecule has 5 nitrogen and oxygen atoms in total. The van der Waals surface area contributed by atoms with Gasteiger partial charge in [0, 0.05) is 18.0 Å². The molecule has 1 atom stereocenters. The van der Waals surface area contributed by atoms with Crippen LogP contribution in [0.2, 0.25) is 0 Å². The second-order valence-electron chi connectivity index (χ2n) is 3.14. The summed E-state index contributed by atoms with van der Waals surface area (Å²) in [5, 5.41) is 6.53. The molecular formula is C9H12N4OS. The molecule has 0 aliphatic heterocycles. The molecule has 6 heteroatoms. The smallest absolute Gasteiger partial charge is 0.226 e. The highest BCUT2D eigenvalue weighted by Gasteiger charge is 2.17. The number of hydrogen-bond acceptors (Lipinski definition) is 6. The number of nitrogens with zero attached hydrogens (tertiary/aromatic N) is 3. The van der Waals surface area contributed by atoms with E-state index in [2.05, 4.69) is 22.0 Å². The zero-order valence-corrected chi connectivity index (χ0v) is 9.20. The van der Waals surface area contributed by atoms with E-state index in [1.54, 1.807) is 6.20 Å². The van der Waals surface area contributed by atoms with Crippen molar-refractivity contribution in [1.29, 1.82) is 0 Å². The zero-order chi connectivity index (χ0) is 10.7. The van der Waals surface area contributed by atoms with Gasteiger partial charge in [0.2, 0.25) is 5.89 Å². The standard InChI is InChI=1S/C9H12N4OS/c1-2-3-6-12-8(13-14-6)7(10)9-11-4-5-15-9/h4-5,7H,2-3,10H2,1H3. The lowest BCUT2D eigenvalue weighted by molar-refractivity contribution is 0.370. The molecule has 0 saturated carbocycles. The van der Waals surface area contributed by atoms with E-state index in [1.807, 2.05) is 5.38 Å². The minimum absolute atomic E-state index is 0.376. The Hall–Kier alpha value is -1.27. The van der Waals surface area contributed by atoms with Gasteiger partial charge in [-0.2, -0.15) is 4.98 Å². The summed E-state index contributed by atoms with van der Waals surface area (Å²) in [7, 11) is 0. The lowest BCUT2D eigenvalue weighted by Crippen LogP contribution is -2.13. The third-order valence-electron chi connectivity index (χ3n) is 1.94. The molecule has 0 aromatic carbocycles. The van der Waals surface area contributed by atoms with E-state index in [1.165, 1.54) is 11.3 Å². The molecule has 2 heterocycles. The van der Waals surface area contributed by atoms with Crippen LogP contribution in [-0.2, 0) is 6.42 Å². The highest BCUT2D eigenvalue weighted by Crippen LogP contribution is 2.18. The molecule has 0 spiro atoms. The van der Waals surface area contributed by atoms with Crippen LogP contribution in [0.1, 0.15) is 36.1 Å². The summed E-state index contributed by atoms with van der Waals surface area (Å²) in [4.78, 5) is 8.34.